The molecule has 0 radical (unpaired) electrons. The van der Waals surface area contributed by atoms with E-state index in [9.17, 15) is 9.18 Å². The first kappa shape index (κ1) is 18.0. The number of nitrogens with one attached hydrogen (secondary N) is 1. The lowest BCUT2D eigenvalue weighted by molar-refractivity contribution is 0.100. The third kappa shape index (κ3) is 3.28. The first-order valence-electron chi connectivity index (χ1n) is 8.90. The van der Waals surface area contributed by atoms with Crippen LogP contribution in [0.4, 0.5) is 22.0 Å². The maximum absolute atomic E-state index is 13.7. The standard InChI is InChI=1S/C18H21FN8O/c1-25(2)14-9-22-15(10-21-14)26-3-5-27(6-4-26)18-23-13-8-11(19)7-12(17(20)28)16(13)24-18/h7-10H,3-6H2,1-2H3,(H2,20,28)(H,23,24). The summed E-state index contributed by atoms with van der Waals surface area (Å²) in [6, 6.07) is 2.43. The molecule has 2 aromatic heterocycles. The fourth-order valence-corrected chi connectivity index (χ4v) is 3.26. The van der Waals surface area contributed by atoms with Crippen LogP contribution in [0.15, 0.2) is 24.5 Å². The SMILES string of the molecule is CN(C)c1cnc(N2CCN(c3nc4c(C(N)=O)cc(F)cc4[nH]3)CC2)cn1. The van der Waals surface area contributed by atoms with Crippen molar-refractivity contribution in [2.24, 2.45) is 5.73 Å². The van der Waals surface area contributed by atoms with Gasteiger partial charge in [0, 0.05) is 40.3 Å². The Hall–Kier alpha value is -3.43. The Balaban J connectivity index is 1.50. The number of hydrogen-bond acceptors (Lipinski definition) is 7. The highest BCUT2D eigenvalue weighted by Crippen LogP contribution is 2.24. The lowest BCUT2D eigenvalue weighted by Gasteiger charge is -2.35. The minimum atomic E-state index is -0.702. The van der Waals surface area contributed by atoms with Gasteiger partial charge in [0.15, 0.2) is 0 Å². The van der Waals surface area contributed by atoms with Crippen molar-refractivity contribution >= 4 is 34.5 Å². The number of rotatable bonds is 4. The van der Waals surface area contributed by atoms with Gasteiger partial charge < -0.3 is 25.4 Å². The number of anilines is 3. The Morgan fingerprint density at radius 3 is 2.46 bits per heavy atom. The maximum atomic E-state index is 13.7. The smallest absolute Gasteiger partial charge is 0.251 e. The Labute approximate surface area is 161 Å². The number of benzene rings is 1. The van der Waals surface area contributed by atoms with Crippen molar-refractivity contribution < 1.29 is 9.18 Å². The van der Waals surface area contributed by atoms with E-state index >= 15 is 0 Å². The summed E-state index contributed by atoms with van der Waals surface area (Å²) in [7, 11) is 3.84. The van der Waals surface area contributed by atoms with Gasteiger partial charge in [0.1, 0.15) is 23.0 Å². The first-order valence-corrected chi connectivity index (χ1v) is 8.90. The lowest BCUT2D eigenvalue weighted by Crippen LogP contribution is -2.47. The van der Waals surface area contributed by atoms with Crippen LogP contribution in [0.25, 0.3) is 11.0 Å². The van der Waals surface area contributed by atoms with Crippen LogP contribution in [-0.4, -0.2) is 66.1 Å². The van der Waals surface area contributed by atoms with Crippen LogP contribution in [0.3, 0.4) is 0 Å². The molecule has 4 rings (SSSR count). The number of halogens is 1. The van der Waals surface area contributed by atoms with E-state index in [1.165, 1.54) is 6.07 Å². The first-order chi connectivity index (χ1) is 13.4. The minimum absolute atomic E-state index is 0.0763. The van der Waals surface area contributed by atoms with Gasteiger partial charge in [-0.15, -0.1) is 0 Å². The molecule has 3 aromatic rings. The van der Waals surface area contributed by atoms with Gasteiger partial charge in [0.2, 0.25) is 5.95 Å². The van der Waals surface area contributed by atoms with Crippen molar-refractivity contribution in [1.82, 2.24) is 19.9 Å². The van der Waals surface area contributed by atoms with E-state index in [0.717, 1.165) is 30.8 Å². The summed E-state index contributed by atoms with van der Waals surface area (Å²) >= 11 is 0. The van der Waals surface area contributed by atoms with Gasteiger partial charge in [0.05, 0.1) is 23.5 Å². The molecule has 9 nitrogen and oxygen atoms in total. The molecule has 10 heteroatoms. The summed E-state index contributed by atoms with van der Waals surface area (Å²) in [6.07, 6.45) is 3.52. The summed E-state index contributed by atoms with van der Waals surface area (Å²) < 4.78 is 13.7. The summed E-state index contributed by atoms with van der Waals surface area (Å²) in [4.78, 5) is 34.2. The average Bonchev–Trinajstić information content (AvgIpc) is 3.11. The Kier molecular flexibility index (Phi) is 4.46. The molecule has 3 heterocycles. The van der Waals surface area contributed by atoms with E-state index < -0.39 is 11.7 Å². The van der Waals surface area contributed by atoms with Crippen molar-refractivity contribution in [2.75, 3.05) is 55.0 Å². The van der Waals surface area contributed by atoms with E-state index in [1.807, 2.05) is 19.0 Å². The van der Waals surface area contributed by atoms with Gasteiger partial charge in [-0.3, -0.25) is 4.79 Å². The second kappa shape index (κ2) is 6.95. The third-order valence-corrected chi connectivity index (χ3v) is 4.79. The van der Waals surface area contributed by atoms with Gasteiger partial charge in [-0.05, 0) is 12.1 Å². The Morgan fingerprint density at radius 1 is 1.14 bits per heavy atom. The summed E-state index contributed by atoms with van der Waals surface area (Å²) in [6.45, 7) is 2.88. The molecule has 0 saturated carbocycles. The van der Waals surface area contributed by atoms with Crippen molar-refractivity contribution in [3.8, 4) is 0 Å². The number of imidazole rings is 1. The molecule has 3 N–H and O–H groups in total. The molecule has 0 bridgehead atoms. The van der Waals surface area contributed by atoms with Gasteiger partial charge in [-0.2, -0.15) is 0 Å². The van der Waals surface area contributed by atoms with Gasteiger partial charge in [-0.25, -0.2) is 19.3 Å². The fraction of sp³-hybridized carbons (Fsp3) is 0.333. The van der Waals surface area contributed by atoms with Crippen LogP contribution in [0.1, 0.15) is 10.4 Å². The van der Waals surface area contributed by atoms with Gasteiger partial charge in [-0.1, -0.05) is 0 Å². The van der Waals surface area contributed by atoms with Crippen LogP contribution in [-0.2, 0) is 0 Å². The van der Waals surface area contributed by atoms with Crippen molar-refractivity contribution in [3.05, 3.63) is 35.9 Å². The zero-order valence-electron chi connectivity index (χ0n) is 15.7. The van der Waals surface area contributed by atoms with Crippen LogP contribution < -0.4 is 20.4 Å². The second-order valence-corrected chi connectivity index (χ2v) is 6.88. The van der Waals surface area contributed by atoms with E-state index in [1.54, 1.807) is 12.4 Å². The second-order valence-electron chi connectivity index (χ2n) is 6.88. The van der Waals surface area contributed by atoms with Crippen molar-refractivity contribution in [2.45, 2.75) is 0 Å². The quantitative estimate of drug-likeness (QED) is 0.690. The molecular weight excluding hydrogens is 363 g/mol. The van der Waals surface area contributed by atoms with E-state index in [2.05, 4.69) is 29.7 Å². The number of carbonyl (C=O) groups excluding carboxylic acids is 1. The molecule has 0 unspecified atom stereocenters. The number of aromatic amines is 1. The normalized spacial score (nSPS) is 14.5. The number of fused-ring (bicyclic) bond motifs is 1. The number of hydrogen-bond donors (Lipinski definition) is 2. The summed E-state index contributed by atoms with van der Waals surface area (Å²) in [5.74, 6) is 1.00. The average molecular weight is 384 g/mol. The molecule has 1 saturated heterocycles. The van der Waals surface area contributed by atoms with Gasteiger partial charge >= 0.3 is 0 Å². The largest absolute Gasteiger partial charge is 0.366 e. The highest BCUT2D eigenvalue weighted by atomic mass is 19.1. The number of primary amides is 1. The number of nitrogens with two attached hydrogens (primary N) is 1. The van der Waals surface area contributed by atoms with Crippen LogP contribution in [0.2, 0.25) is 0 Å². The Bertz CT molecular complexity index is 1010. The predicted octanol–water partition coefficient (Wildman–Crippen LogP) is 0.983. The summed E-state index contributed by atoms with van der Waals surface area (Å²) in [5.41, 5.74) is 6.27. The minimum Gasteiger partial charge on any atom is -0.366 e. The topological polar surface area (TPSA) is 107 Å². The zero-order chi connectivity index (χ0) is 19.8. The number of nitrogens with zero attached hydrogens (tertiary/aromatic N) is 6. The molecule has 0 atom stereocenters. The number of piperazine rings is 1. The van der Waals surface area contributed by atoms with Crippen LogP contribution >= 0.6 is 0 Å². The molecule has 1 aliphatic rings. The third-order valence-electron chi connectivity index (χ3n) is 4.79. The summed E-state index contributed by atoms with van der Waals surface area (Å²) in [5, 5.41) is 0. The lowest BCUT2D eigenvalue weighted by atomic mass is 10.1. The monoisotopic (exact) mass is 384 g/mol. The van der Waals surface area contributed by atoms with E-state index in [0.29, 0.717) is 30.1 Å². The van der Waals surface area contributed by atoms with Gasteiger partial charge in [0.25, 0.3) is 5.91 Å². The zero-order valence-corrected chi connectivity index (χ0v) is 15.7. The van der Waals surface area contributed by atoms with E-state index in [4.69, 9.17) is 5.73 Å². The number of H-pyrrole nitrogens is 1. The molecule has 1 amide bonds. The molecule has 1 fully saturated rings. The highest BCUT2D eigenvalue weighted by molar-refractivity contribution is 6.04. The molecule has 0 spiro atoms. The molecule has 0 aliphatic carbocycles. The molecular formula is C18H21FN8O. The highest BCUT2D eigenvalue weighted by Gasteiger charge is 2.22. The van der Waals surface area contributed by atoms with Crippen molar-refractivity contribution in [1.29, 1.82) is 0 Å². The molecule has 1 aliphatic heterocycles. The van der Waals surface area contributed by atoms with Crippen LogP contribution in [0, 0.1) is 5.82 Å². The number of carbonyl (C=O) groups is 1. The predicted molar refractivity (Wildman–Crippen MR) is 105 cm³/mol. The molecule has 1 aromatic carbocycles. The number of aromatic nitrogens is 4. The molecule has 28 heavy (non-hydrogen) atoms. The Morgan fingerprint density at radius 2 is 1.86 bits per heavy atom. The fourth-order valence-electron chi connectivity index (χ4n) is 3.26. The number of amides is 1. The van der Waals surface area contributed by atoms with E-state index in [-0.39, 0.29) is 5.56 Å². The van der Waals surface area contributed by atoms with Crippen LogP contribution in [0.5, 0.6) is 0 Å². The van der Waals surface area contributed by atoms with Crippen molar-refractivity contribution in [3.63, 3.8) is 0 Å². The molecule has 146 valence electrons. The maximum Gasteiger partial charge on any atom is 0.251 e.